The largest absolute Gasteiger partial charge is 0.384 e. The minimum atomic E-state index is 0.0534. The third kappa shape index (κ3) is 8.39. The van der Waals surface area contributed by atoms with Crippen molar-refractivity contribution >= 4 is 5.91 Å². The van der Waals surface area contributed by atoms with E-state index >= 15 is 0 Å². The Morgan fingerprint density at radius 3 is 2.67 bits per heavy atom. The van der Waals surface area contributed by atoms with Gasteiger partial charge in [-0.3, -0.25) is 4.79 Å². The van der Waals surface area contributed by atoms with Crippen LogP contribution in [0.1, 0.15) is 33.1 Å². The van der Waals surface area contributed by atoms with Crippen LogP contribution in [0.5, 0.6) is 0 Å². The number of amides is 1. The summed E-state index contributed by atoms with van der Waals surface area (Å²) in [5, 5.41) is 2.91. The summed E-state index contributed by atoms with van der Waals surface area (Å²) in [5.74, 6) is 0.0534. The normalized spacial score (nSPS) is 11.5. The molecule has 15 heavy (non-hydrogen) atoms. The van der Waals surface area contributed by atoms with Crippen LogP contribution in [-0.2, 0) is 9.53 Å². The van der Waals surface area contributed by atoms with E-state index in [-0.39, 0.29) is 11.3 Å². The first-order chi connectivity index (χ1) is 7.02. The SMILES string of the molecule is COCCC(=O)NCC(C)(C)CCCN. The Morgan fingerprint density at radius 1 is 1.47 bits per heavy atom. The van der Waals surface area contributed by atoms with Crippen LogP contribution < -0.4 is 11.1 Å². The molecule has 0 aromatic heterocycles. The van der Waals surface area contributed by atoms with Gasteiger partial charge in [0.15, 0.2) is 0 Å². The molecule has 0 saturated heterocycles. The van der Waals surface area contributed by atoms with Crippen LogP contribution in [0.2, 0.25) is 0 Å². The van der Waals surface area contributed by atoms with E-state index in [4.69, 9.17) is 10.5 Å². The molecule has 0 aliphatic heterocycles. The molecule has 0 spiro atoms. The van der Waals surface area contributed by atoms with Gasteiger partial charge in [-0.15, -0.1) is 0 Å². The third-order valence-corrected chi connectivity index (χ3v) is 2.36. The van der Waals surface area contributed by atoms with Crippen LogP contribution in [0.3, 0.4) is 0 Å². The van der Waals surface area contributed by atoms with Gasteiger partial charge in [0.1, 0.15) is 0 Å². The monoisotopic (exact) mass is 216 g/mol. The second-order valence-corrected chi connectivity index (χ2v) is 4.58. The average Bonchev–Trinajstić information content (AvgIpc) is 2.21. The van der Waals surface area contributed by atoms with Gasteiger partial charge in [-0.25, -0.2) is 0 Å². The van der Waals surface area contributed by atoms with Crippen molar-refractivity contribution in [3.8, 4) is 0 Å². The molecule has 0 aromatic carbocycles. The zero-order valence-corrected chi connectivity index (χ0v) is 10.1. The third-order valence-electron chi connectivity index (χ3n) is 2.36. The maximum atomic E-state index is 11.3. The highest BCUT2D eigenvalue weighted by Crippen LogP contribution is 2.20. The van der Waals surface area contributed by atoms with E-state index in [0.717, 1.165) is 12.8 Å². The number of hydrogen-bond acceptors (Lipinski definition) is 3. The highest BCUT2D eigenvalue weighted by atomic mass is 16.5. The summed E-state index contributed by atoms with van der Waals surface area (Å²) in [4.78, 5) is 11.3. The van der Waals surface area contributed by atoms with Crippen molar-refractivity contribution < 1.29 is 9.53 Å². The van der Waals surface area contributed by atoms with E-state index < -0.39 is 0 Å². The molecule has 1 amide bonds. The van der Waals surface area contributed by atoms with Crippen molar-refractivity contribution in [3.63, 3.8) is 0 Å². The minimum absolute atomic E-state index is 0.0534. The fourth-order valence-electron chi connectivity index (χ4n) is 1.29. The summed E-state index contributed by atoms with van der Waals surface area (Å²) in [5.41, 5.74) is 5.58. The first-order valence-corrected chi connectivity index (χ1v) is 5.47. The van der Waals surface area contributed by atoms with Crippen LogP contribution >= 0.6 is 0 Å². The van der Waals surface area contributed by atoms with Crippen molar-refractivity contribution in [2.24, 2.45) is 11.1 Å². The molecule has 3 N–H and O–H groups in total. The van der Waals surface area contributed by atoms with E-state index in [1.807, 2.05) is 0 Å². The highest BCUT2D eigenvalue weighted by Gasteiger charge is 2.17. The smallest absolute Gasteiger partial charge is 0.222 e. The zero-order valence-electron chi connectivity index (χ0n) is 10.1. The van der Waals surface area contributed by atoms with Gasteiger partial charge in [0.2, 0.25) is 5.91 Å². The van der Waals surface area contributed by atoms with Crippen molar-refractivity contribution in [3.05, 3.63) is 0 Å². The second-order valence-electron chi connectivity index (χ2n) is 4.58. The lowest BCUT2D eigenvalue weighted by Crippen LogP contribution is -2.34. The number of rotatable bonds is 8. The van der Waals surface area contributed by atoms with E-state index in [2.05, 4.69) is 19.2 Å². The van der Waals surface area contributed by atoms with Crippen molar-refractivity contribution in [1.82, 2.24) is 5.32 Å². The average molecular weight is 216 g/mol. The number of ether oxygens (including phenoxy) is 1. The first kappa shape index (κ1) is 14.4. The van der Waals surface area contributed by atoms with E-state index in [1.54, 1.807) is 7.11 Å². The summed E-state index contributed by atoms with van der Waals surface area (Å²) in [7, 11) is 1.60. The Labute approximate surface area is 92.6 Å². The molecule has 0 bridgehead atoms. The Kier molecular flexibility index (Phi) is 7.34. The fourth-order valence-corrected chi connectivity index (χ4v) is 1.29. The number of carbonyl (C=O) groups is 1. The number of nitrogens with two attached hydrogens (primary N) is 1. The lowest BCUT2D eigenvalue weighted by molar-refractivity contribution is -0.122. The van der Waals surface area contributed by atoms with Crippen LogP contribution in [0.15, 0.2) is 0 Å². The Balaban J connectivity index is 3.67. The molecule has 0 radical (unpaired) electrons. The van der Waals surface area contributed by atoms with Gasteiger partial charge >= 0.3 is 0 Å². The molecule has 4 heteroatoms. The standard InChI is InChI=1S/C11H24N2O2/c1-11(2,6-4-7-12)9-13-10(14)5-8-15-3/h4-9,12H2,1-3H3,(H,13,14). The predicted molar refractivity (Wildman–Crippen MR) is 61.6 cm³/mol. The lowest BCUT2D eigenvalue weighted by atomic mass is 9.88. The van der Waals surface area contributed by atoms with Crippen LogP contribution in [-0.4, -0.2) is 32.7 Å². The first-order valence-electron chi connectivity index (χ1n) is 5.47. The number of carbonyl (C=O) groups excluding carboxylic acids is 1. The van der Waals surface area contributed by atoms with Crippen LogP contribution in [0.4, 0.5) is 0 Å². The quantitative estimate of drug-likeness (QED) is 0.633. The molecule has 90 valence electrons. The summed E-state index contributed by atoms with van der Waals surface area (Å²) >= 11 is 0. The predicted octanol–water partition coefficient (Wildman–Crippen LogP) is 0.904. The summed E-state index contributed by atoms with van der Waals surface area (Å²) in [6.07, 6.45) is 2.47. The molecule has 0 aliphatic rings. The maximum Gasteiger partial charge on any atom is 0.222 e. The maximum absolute atomic E-state index is 11.3. The van der Waals surface area contributed by atoms with Crippen molar-refractivity contribution in [2.75, 3.05) is 26.8 Å². The molecule has 0 aliphatic carbocycles. The lowest BCUT2D eigenvalue weighted by Gasteiger charge is -2.24. The second kappa shape index (κ2) is 7.65. The fraction of sp³-hybridized carbons (Fsp3) is 0.909. The van der Waals surface area contributed by atoms with Gasteiger partial charge in [0.25, 0.3) is 0 Å². The van der Waals surface area contributed by atoms with Crippen LogP contribution in [0, 0.1) is 5.41 Å². The van der Waals surface area contributed by atoms with Gasteiger partial charge in [-0.2, -0.15) is 0 Å². The molecule has 0 unspecified atom stereocenters. The summed E-state index contributed by atoms with van der Waals surface area (Å²) in [6.45, 7) is 6.17. The molecule has 0 saturated carbocycles. The zero-order chi connectivity index (χ0) is 11.7. The highest BCUT2D eigenvalue weighted by molar-refractivity contribution is 5.75. The van der Waals surface area contributed by atoms with E-state index in [1.165, 1.54) is 0 Å². The molecule has 0 aromatic rings. The molecule has 0 fully saturated rings. The van der Waals surface area contributed by atoms with Crippen LogP contribution in [0.25, 0.3) is 0 Å². The number of methoxy groups -OCH3 is 1. The Hall–Kier alpha value is -0.610. The van der Waals surface area contributed by atoms with Crippen molar-refractivity contribution in [1.29, 1.82) is 0 Å². The molecular formula is C11H24N2O2. The number of hydrogen-bond donors (Lipinski definition) is 2. The topological polar surface area (TPSA) is 64.3 Å². The molecule has 4 nitrogen and oxygen atoms in total. The van der Waals surface area contributed by atoms with Crippen molar-refractivity contribution in [2.45, 2.75) is 33.1 Å². The molecular weight excluding hydrogens is 192 g/mol. The summed E-state index contributed by atoms with van der Waals surface area (Å²) < 4.78 is 4.83. The Morgan fingerprint density at radius 2 is 2.13 bits per heavy atom. The van der Waals surface area contributed by atoms with Gasteiger partial charge in [0, 0.05) is 20.1 Å². The minimum Gasteiger partial charge on any atom is -0.384 e. The van der Waals surface area contributed by atoms with Gasteiger partial charge in [0.05, 0.1) is 6.61 Å². The molecule has 0 rings (SSSR count). The van der Waals surface area contributed by atoms with Gasteiger partial charge < -0.3 is 15.8 Å². The van der Waals surface area contributed by atoms with E-state index in [0.29, 0.717) is 26.1 Å². The molecule has 0 heterocycles. The molecule has 0 atom stereocenters. The van der Waals surface area contributed by atoms with Gasteiger partial charge in [-0.1, -0.05) is 13.8 Å². The van der Waals surface area contributed by atoms with Gasteiger partial charge in [-0.05, 0) is 24.8 Å². The number of nitrogens with one attached hydrogen (secondary N) is 1. The Bertz CT molecular complexity index is 181. The van der Waals surface area contributed by atoms with E-state index in [9.17, 15) is 4.79 Å². The summed E-state index contributed by atoms with van der Waals surface area (Å²) in [6, 6.07) is 0.